The Balaban J connectivity index is 2.41. The molecule has 0 saturated carbocycles. The molecule has 0 heterocycles. The lowest BCUT2D eigenvalue weighted by molar-refractivity contribution is -0.141. The zero-order valence-corrected chi connectivity index (χ0v) is 18.1. The first kappa shape index (κ1) is 23.6. The number of benzene rings is 2. The van der Waals surface area contributed by atoms with Gasteiger partial charge in [-0.2, -0.15) is 0 Å². The third-order valence-electron chi connectivity index (χ3n) is 4.17. The topological polar surface area (TPSA) is 151 Å². The number of primary sulfonamides is 1. The minimum atomic E-state index is -4.12. The van der Waals surface area contributed by atoms with E-state index in [-0.39, 0.29) is 16.2 Å². The maximum atomic E-state index is 12.8. The minimum absolute atomic E-state index is 0.203. The molecule has 0 aromatic heterocycles. The molecule has 1 unspecified atom stereocenters. The molecule has 0 amide bonds. The molecule has 0 aliphatic rings. The number of hydrogen-bond acceptors (Lipinski definition) is 8. The largest absolute Gasteiger partial charge is 0.493 e. The molecule has 0 aliphatic heterocycles. The number of ether oxygens (including phenoxy) is 3. The van der Waals surface area contributed by atoms with Crippen molar-refractivity contribution < 1.29 is 35.8 Å². The van der Waals surface area contributed by atoms with Crippen molar-refractivity contribution in [2.75, 3.05) is 21.3 Å². The highest BCUT2D eigenvalue weighted by Gasteiger charge is 2.25. The van der Waals surface area contributed by atoms with E-state index in [9.17, 15) is 21.6 Å². The Hall–Kier alpha value is -2.67. The second-order valence-electron chi connectivity index (χ2n) is 6.08. The second kappa shape index (κ2) is 9.43. The van der Waals surface area contributed by atoms with E-state index < -0.39 is 32.1 Å². The molecular formula is C18H22N2O8S2. The SMILES string of the molecule is COC(=O)CC(NS(=O)(=O)c1ccc(S(N)(=O)=O)cc1)c1ccc(OC)c(OC)c1. The van der Waals surface area contributed by atoms with Crippen LogP contribution in [-0.4, -0.2) is 44.1 Å². The summed E-state index contributed by atoms with van der Waals surface area (Å²) in [4.78, 5) is 11.4. The van der Waals surface area contributed by atoms with Crippen LogP contribution in [0, 0.1) is 0 Å². The summed E-state index contributed by atoms with van der Waals surface area (Å²) in [7, 11) is -4.02. The van der Waals surface area contributed by atoms with E-state index in [0.29, 0.717) is 17.1 Å². The Kier molecular flexibility index (Phi) is 7.42. The zero-order chi connectivity index (χ0) is 22.5. The van der Waals surface area contributed by atoms with Crippen molar-refractivity contribution in [2.24, 2.45) is 5.14 Å². The van der Waals surface area contributed by atoms with Crippen LogP contribution in [0.4, 0.5) is 0 Å². The van der Waals surface area contributed by atoms with Crippen LogP contribution >= 0.6 is 0 Å². The molecular weight excluding hydrogens is 436 g/mol. The fourth-order valence-electron chi connectivity index (χ4n) is 2.61. The lowest BCUT2D eigenvalue weighted by Gasteiger charge is -2.20. The molecule has 30 heavy (non-hydrogen) atoms. The van der Waals surface area contributed by atoms with Gasteiger partial charge in [0, 0.05) is 0 Å². The fourth-order valence-corrected chi connectivity index (χ4v) is 4.35. The minimum Gasteiger partial charge on any atom is -0.493 e. The van der Waals surface area contributed by atoms with Gasteiger partial charge in [-0.3, -0.25) is 4.79 Å². The van der Waals surface area contributed by atoms with Gasteiger partial charge in [0.2, 0.25) is 20.0 Å². The molecule has 3 N–H and O–H groups in total. The number of nitrogens with two attached hydrogens (primary N) is 1. The van der Waals surface area contributed by atoms with Crippen LogP contribution in [-0.2, 0) is 29.6 Å². The summed E-state index contributed by atoms with van der Waals surface area (Å²) in [5, 5.41) is 5.03. The highest BCUT2D eigenvalue weighted by Crippen LogP contribution is 2.31. The van der Waals surface area contributed by atoms with Crippen molar-refractivity contribution in [1.29, 1.82) is 0 Å². The van der Waals surface area contributed by atoms with E-state index in [4.69, 9.17) is 14.6 Å². The van der Waals surface area contributed by atoms with Gasteiger partial charge in [0.25, 0.3) is 0 Å². The van der Waals surface area contributed by atoms with Gasteiger partial charge >= 0.3 is 5.97 Å². The first-order valence-electron chi connectivity index (χ1n) is 8.45. The average Bonchev–Trinajstić information content (AvgIpc) is 2.71. The van der Waals surface area contributed by atoms with Crippen molar-refractivity contribution in [3.8, 4) is 11.5 Å². The van der Waals surface area contributed by atoms with Crippen LogP contribution in [0.25, 0.3) is 0 Å². The van der Waals surface area contributed by atoms with Gasteiger partial charge < -0.3 is 14.2 Å². The highest BCUT2D eigenvalue weighted by molar-refractivity contribution is 7.89. The Bertz CT molecular complexity index is 1110. The standard InChI is InChI=1S/C18H22N2O8S2/c1-26-16-9-4-12(10-17(16)27-2)15(11-18(21)28-3)20-30(24,25)14-7-5-13(6-8-14)29(19,22)23/h4-10,15,20H,11H2,1-3H3,(H2,19,22,23). The number of methoxy groups -OCH3 is 3. The number of carbonyl (C=O) groups excluding carboxylic acids is 1. The van der Waals surface area contributed by atoms with Gasteiger partial charge in [-0.25, -0.2) is 26.7 Å². The van der Waals surface area contributed by atoms with Gasteiger partial charge in [-0.1, -0.05) is 6.07 Å². The van der Waals surface area contributed by atoms with Crippen LogP contribution < -0.4 is 19.3 Å². The zero-order valence-electron chi connectivity index (χ0n) is 16.5. The third-order valence-corrected chi connectivity index (χ3v) is 6.59. The van der Waals surface area contributed by atoms with Gasteiger partial charge in [0.05, 0.1) is 43.6 Å². The first-order valence-corrected chi connectivity index (χ1v) is 11.5. The lowest BCUT2D eigenvalue weighted by Crippen LogP contribution is -2.30. The molecule has 0 aliphatic carbocycles. The van der Waals surface area contributed by atoms with E-state index in [1.165, 1.54) is 21.3 Å². The molecule has 2 aromatic rings. The molecule has 0 fully saturated rings. The Morgan fingerprint density at radius 3 is 2.00 bits per heavy atom. The highest BCUT2D eigenvalue weighted by atomic mass is 32.2. The summed E-state index contributed by atoms with van der Waals surface area (Å²) in [5.41, 5.74) is 0.433. The number of carbonyl (C=O) groups is 1. The predicted molar refractivity (Wildman–Crippen MR) is 107 cm³/mol. The van der Waals surface area contributed by atoms with Crippen LogP contribution in [0.3, 0.4) is 0 Å². The van der Waals surface area contributed by atoms with Gasteiger partial charge in [-0.15, -0.1) is 0 Å². The number of rotatable bonds is 9. The summed E-state index contributed by atoms with van der Waals surface area (Å²) < 4.78 is 65.9. The molecule has 12 heteroatoms. The molecule has 10 nitrogen and oxygen atoms in total. The van der Waals surface area contributed by atoms with Crippen LogP contribution in [0.2, 0.25) is 0 Å². The van der Waals surface area contributed by atoms with Gasteiger partial charge in [0.1, 0.15) is 0 Å². The van der Waals surface area contributed by atoms with E-state index >= 15 is 0 Å². The molecule has 1 atom stereocenters. The number of esters is 1. The van der Waals surface area contributed by atoms with E-state index in [1.807, 2.05) is 0 Å². The first-order chi connectivity index (χ1) is 14.0. The second-order valence-corrected chi connectivity index (χ2v) is 9.36. The molecule has 0 saturated heterocycles. The molecule has 2 rings (SSSR count). The van der Waals surface area contributed by atoms with Crippen molar-refractivity contribution in [2.45, 2.75) is 22.3 Å². The van der Waals surface area contributed by atoms with Gasteiger partial charge in [0.15, 0.2) is 11.5 Å². The normalized spacial score (nSPS) is 12.8. The fraction of sp³-hybridized carbons (Fsp3) is 0.278. The molecule has 0 bridgehead atoms. The number of hydrogen-bond donors (Lipinski definition) is 2. The number of nitrogens with one attached hydrogen (secondary N) is 1. The monoisotopic (exact) mass is 458 g/mol. The number of sulfonamides is 2. The summed E-state index contributed by atoms with van der Waals surface area (Å²) in [6.45, 7) is 0. The summed E-state index contributed by atoms with van der Waals surface area (Å²) in [5.74, 6) is 0.142. The van der Waals surface area contributed by atoms with Crippen molar-refractivity contribution in [1.82, 2.24) is 4.72 Å². The van der Waals surface area contributed by atoms with E-state index in [2.05, 4.69) is 9.46 Å². The quantitative estimate of drug-likeness (QED) is 0.527. The summed E-state index contributed by atoms with van der Waals surface area (Å²) in [6.07, 6.45) is -0.291. The summed E-state index contributed by atoms with van der Waals surface area (Å²) in [6, 6.07) is 8.08. The molecule has 2 aromatic carbocycles. The van der Waals surface area contributed by atoms with Crippen molar-refractivity contribution in [3.63, 3.8) is 0 Å². The maximum Gasteiger partial charge on any atom is 0.307 e. The van der Waals surface area contributed by atoms with Crippen LogP contribution in [0.5, 0.6) is 11.5 Å². The smallest absolute Gasteiger partial charge is 0.307 e. The average molecular weight is 459 g/mol. The third kappa shape index (κ3) is 5.69. The molecule has 164 valence electrons. The van der Waals surface area contributed by atoms with Crippen LogP contribution in [0.15, 0.2) is 52.3 Å². The van der Waals surface area contributed by atoms with Crippen LogP contribution in [0.1, 0.15) is 18.0 Å². The summed E-state index contributed by atoms with van der Waals surface area (Å²) >= 11 is 0. The van der Waals surface area contributed by atoms with Crippen molar-refractivity contribution in [3.05, 3.63) is 48.0 Å². The maximum absolute atomic E-state index is 12.8. The molecule has 0 radical (unpaired) electrons. The lowest BCUT2D eigenvalue weighted by atomic mass is 10.0. The Morgan fingerprint density at radius 2 is 1.50 bits per heavy atom. The van der Waals surface area contributed by atoms with E-state index in [0.717, 1.165) is 24.3 Å². The Labute approximate surface area is 175 Å². The Morgan fingerprint density at radius 1 is 0.933 bits per heavy atom. The van der Waals surface area contributed by atoms with Gasteiger partial charge in [-0.05, 0) is 42.0 Å². The predicted octanol–water partition coefficient (Wildman–Crippen LogP) is 0.934. The molecule has 0 spiro atoms. The van der Waals surface area contributed by atoms with Crippen molar-refractivity contribution >= 4 is 26.0 Å². The van der Waals surface area contributed by atoms with E-state index in [1.54, 1.807) is 18.2 Å².